The number of nitrogens with one attached hydrogen (secondary N) is 1. The Morgan fingerprint density at radius 1 is 1.36 bits per heavy atom. The molecule has 1 amide bonds. The van der Waals surface area contributed by atoms with Crippen LogP contribution in [-0.2, 0) is 6.54 Å². The van der Waals surface area contributed by atoms with Crippen molar-refractivity contribution >= 4 is 22.9 Å². The lowest BCUT2D eigenvalue weighted by Gasteiger charge is -2.09. The van der Waals surface area contributed by atoms with Crippen molar-refractivity contribution in [2.75, 3.05) is 0 Å². The fraction of sp³-hybridized carbons (Fsp3) is 0.294. The quantitative estimate of drug-likeness (QED) is 0.737. The van der Waals surface area contributed by atoms with E-state index in [4.69, 9.17) is 9.52 Å². The predicted octanol–water partition coefficient (Wildman–Crippen LogP) is 2.54. The van der Waals surface area contributed by atoms with E-state index in [9.17, 15) is 9.59 Å². The summed E-state index contributed by atoms with van der Waals surface area (Å²) in [4.78, 5) is 27.9. The van der Waals surface area contributed by atoms with Gasteiger partial charge in [-0.3, -0.25) is 4.79 Å². The molecule has 2 N–H and O–H groups in total. The molecule has 8 heteroatoms. The van der Waals surface area contributed by atoms with Gasteiger partial charge in [0.25, 0.3) is 5.91 Å². The first-order valence-corrected chi connectivity index (χ1v) is 7.82. The van der Waals surface area contributed by atoms with E-state index in [1.165, 1.54) is 12.1 Å². The van der Waals surface area contributed by atoms with Crippen molar-refractivity contribution in [2.24, 2.45) is 0 Å². The molecule has 0 atom stereocenters. The molecule has 0 aliphatic heterocycles. The fourth-order valence-electron chi connectivity index (χ4n) is 2.56. The highest BCUT2D eigenvalue weighted by atomic mass is 16.4. The number of aromatic nitrogens is 3. The standard InChI is InChI=1S/C17H18N4O4/c1-9(2)21-15-13(8-19-21)12(6-10(3)20-15)16(22)18-7-11-4-5-14(25-11)17(23)24/h4-6,8-9H,7H2,1-3H3,(H,18,22)(H,23,24). The number of aromatic carboxylic acids is 1. The minimum absolute atomic E-state index is 0.0906. The van der Waals surface area contributed by atoms with Gasteiger partial charge < -0.3 is 14.8 Å². The van der Waals surface area contributed by atoms with Crippen LogP contribution in [0.5, 0.6) is 0 Å². The summed E-state index contributed by atoms with van der Waals surface area (Å²) in [6, 6.07) is 4.70. The number of carboxylic acids is 1. The summed E-state index contributed by atoms with van der Waals surface area (Å²) in [5, 5.41) is 16.6. The third-order valence-corrected chi connectivity index (χ3v) is 3.72. The minimum Gasteiger partial charge on any atom is -0.475 e. The number of hydrogen-bond acceptors (Lipinski definition) is 5. The first kappa shape index (κ1) is 16.7. The summed E-state index contributed by atoms with van der Waals surface area (Å²) in [7, 11) is 0. The number of rotatable bonds is 5. The molecule has 0 saturated carbocycles. The van der Waals surface area contributed by atoms with E-state index < -0.39 is 5.97 Å². The molecule has 0 saturated heterocycles. The van der Waals surface area contributed by atoms with E-state index in [1.54, 1.807) is 16.9 Å². The molecular weight excluding hydrogens is 324 g/mol. The number of amides is 1. The predicted molar refractivity (Wildman–Crippen MR) is 89.5 cm³/mol. The van der Waals surface area contributed by atoms with Gasteiger partial charge in [0, 0.05) is 11.7 Å². The number of pyridine rings is 1. The lowest BCUT2D eigenvalue weighted by atomic mass is 10.1. The Morgan fingerprint density at radius 3 is 2.76 bits per heavy atom. The van der Waals surface area contributed by atoms with E-state index >= 15 is 0 Å². The number of carbonyl (C=O) groups excluding carboxylic acids is 1. The van der Waals surface area contributed by atoms with Crippen LogP contribution >= 0.6 is 0 Å². The third-order valence-electron chi connectivity index (χ3n) is 3.72. The normalized spacial score (nSPS) is 11.2. The molecule has 0 spiro atoms. The maximum Gasteiger partial charge on any atom is 0.371 e. The van der Waals surface area contributed by atoms with Crippen LogP contribution in [0.3, 0.4) is 0 Å². The van der Waals surface area contributed by atoms with Crippen LogP contribution in [0, 0.1) is 6.92 Å². The molecule has 0 aromatic carbocycles. The summed E-state index contributed by atoms with van der Waals surface area (Å²) in [6.07, 6.45) is 1.63. The smallest absolute Gasteiger partial charge is 0.371 e. The van der Waals surface area contributed by atoms with Gasteiger partial charge in [-0.2, -0.15) is 5.10 Å². The van der Waals surface area contributed by atoms with Crippen LogP contribution in [0.4, 0.5) is 0 Å². The van der Waals surface area contributed by atoms with E-state index in [0.717, 1.165) is 0 Å². The van der Waals surface area contributed by atoms with Crippen molar-refractivity contribution in [1.29, 1.82) is 0 Å². The van der Waals surface area contributed by atoms with Crippen molar-refractivity contribution in [3.05, 3.63) is 47.2 Å². The molecule has 3 heterocycles. The Hall–Kier alpha value is -3.16. The van der Waals surface area contributed by atoms with E-state index in [2.05, 4.69) is 15.4 Å². The molecule has 25 heavy (non-hydrogen) atoms. The number of furan rings is 1. The van der Waals surface area contributed by atoms with Gasteiger partial charge in [-0.15, -0.1) is 0 Å². The number of carbonyl (C=O) groups is 2. The zero-order valence-electron chi connectivity index (χ0n) is 14.1. The topological polar surface area (TPSA) is 110 Å². The molecule has 0 unspecified atom stereocenters. The first-order chi connectivity index (χ1) is 11.9. The molecule has 3 aromatic heterocycles. The summed E-state index contributed by atoms with van der Waals surface area (Å²) in [5.41, 5.74) is 1.84. The van der Waals surface area contributed by atoms with Crippen molar-refractivity contribution in [3.8, 4) is 0 Å². The average molecular weight is 342 g/mol. The second-order valence-corrected chi connectivity index (χ2v) is 5.99. The third kappa shape index (κ3) is 3.23. The maximum atomic E-state index is 12.6. The Balaban J connectivity index is 1.85. The van der Waals surface area contributed by atoms with Gasteiger partial charge in [0.05, 0.1) is 23.7 Å². The fourth-order valence-corrected chi connectivity index (χ4v) is 2.56. The van der Waals surface area contributed by atoms with Gasteiger partial charge in [-0.25, -0.2) is 14.5 Å². The van der Waals surface area contributed by atoms with Gasteiger partial charge in [0.15, 0.2) is 5.65 Å². The van der Waals surface area contributed by atoms with Gasteiger partial charge in [-0.05, 0) is 39.0 Å². The van der Waals surface area contributed by atoms with Gasteiger partial charge in [0.2, 0.25) is 5.76 Å². The molecule has 3 aromatic rings. The molecule has 130 valence electrons. The molecule has 0 aliphatic carbocycles. The molecular formula is C17H18N4O4. The zero-order valence-corrected chi connectivity index (χ0v) is 14.1. The van der Waals surface area contributed by atoms with Crippen LogP contribution in [0.15, 0.2) is 28.8 Å². The lowest BCUT2D eigenvalue weighted by Crippen LogP contribution is -2.23. The van der Waals surface area contributed by atoms with Crippen LogP contribution in [0.25, 0.3) is 11.0 Å². The number of nitrogens with zero attached hydrogens (tertiary/aromatic N) is 3. The monoisotopic (exact) mass is 342 g/mol. The van der Waals surface area contributed by atoms with Crippen molar-refractivity contribution < 1.29 is 19.1 Å². The molecule has 0 radical (unpaired) electrons. The molecule has 0 fully saturated rings. The minimum atomic E-state index is -1.15. The molecule has 0 bridgehead atoms. The summed E-state index contributed by atoms with van der Waals surface area (Å²) < 4.78 is 6.90. The average Bonchev–Trinajstić information content (AvgIpc) is 3.18. The molecule has 3 rings (SSSR count). The summed E-state index contributed by atoms with van der Waals surface area (Å²) in [6.45, 7) is 5.90. The van der Waals surface area contributed by atoms with Crippen LogP contribution in [0.1, 0.15) is 52.3 Å². The highest BCUT2D eigenvalue weighted by Gasteiger charge is 2.17. The van der Waals surface area contributed by atoms with Gasteiger partial charge in [-0.1, -0.05) is 0 Å². The second kappa shape index (κ2) is 6.39. The Morgan fingerprint density at radius 2 is 2.12 bits per heavy atom. The molecule has 0 aliphatic rings. The zero-order chi connectivity index (χ0) is 18.1. The van der Waals surface area contributed by atoms with Crippen molar-refractivity contribution in [3.63, 3.8) is 0 Å². The molecule has 8 nitrogen and oxygen atoms in total. The van der Waals surface area contributed by atoms with E-state index in [0.29, 0.717) is 28.1 Å². The van der Waals surface area contributed by atoms with Gasteiger partial charge >= 0.3 is 5.97 Å². The van der Waals surface area contributed by atoms with E-state index in [-0.39, 0.29) is 24.3 Å². The Kier molecular flexibility index (Phi) is 4.26. The van der Waals surface area contributed by atoms with Crippen molar-refractivity contribution in [1.82, 2.24) is 20.1 Å². The maximum absolute atomic E-state index is 12.6. The highest BCUT2D eigenvalue weighted by molar-refractivity contribution is 6.05. The largest absolute Gasteiger partial charge is 0.475 e. The van der Waals surface area contributed by atoms with Crippen LogP contribution < -0.4 is 5.32 Å². The number of hydrogen-bond donors (Lipinski definition) is 2. The van der Waals surface area contributed by atoms with Crippen LogP contribution in [-0.4, -0.2) is 31.7 Å². The van der Waals surface area contributed by atoms with Crippen LogP contribution in [0.2, 0.25) is 0 Å². The summed E-state index contributed by atoms with van der Waals surface area (Å²) in [5.74, 6) is -1.24. The second-order valence-electron chi connectivity index (χ2n) is 5.99. The SMILES string of the molecule is Cc1cc(C(=O)NCc2ccc(C(=O)O)o2)c2cnn(C(C)C)c2n1. The lowest BCUT2D eigenvalue weighted by molar-refractivity contribution is 0.0660. The highest BCUT2D eigenvalue weighted by Crippen LogP contribution is 2.21. The van der Waals surface area contributed by atoms with Crippen molar-refractivity contribution in [2.45, 2.75) is 33.4 Å². The Bertz CT molecular complexity index is 955. The van der Waals surface area contributed by atoms with Gasteiger partial charge in [0.1, 0.15) is 5.76 Å². The van der Waals surface area contributed by atoms with E-state index in [1.807, 2.05) is 20.8 Å². The number of fused-ring (bicyclic) bond motifs is 1. The summed E-state index contributed by atoms with van der Waals surface area (Å²) >= 11 is 0. The first-order valence-electron chi connectivity index (χ1n) is 7.82. The number of carboxylic acid groups (broad SMARTS) is 1. The number of aryl methyl sites for hydroxylation is 1. The Labute approximate surface area is 143 Å².